The molecular formula is C30H35N7O3. The minimum absolute atomic E-state index is 0.0636. The summed E-state index contributed by atoms with van der Waals surface area (Å²) in [4.78, 5) is 36.1. The molecule has 0 bridgehead atoms. The fourth-order valence-electron chi connectivity index (χ4n) is 4.86. The maximum absolute atomic E-state index is 14.1. The Balaban J connectivity index is 1.52. The standard InChI is InChI=1S/C30H35N7O3/c1-30(2,3)32-29(39)28(23-10-12-24(13-11-23)35-15-17-40-18-16-35)36(20-22-7-6-14-31-19-22)27(38)21-37-26-9-5-4-8-25(26)33-34-37/h4-14,19,28H,15-18,20-21H2,1-3H3,(H,32,39)/t28-/m1/s1. The lowest BCUT2D eigenvalue weighted by atomic mass is 10.00. The van der Waals surface area contributed by atoms with Crippen LogP contribution < -0.4 is 10.2 Å². The minimum atomic E-state index is -0.875. The van der Waals surface area contributed by atoms with Crippen LogP contribution in [0.15, 0.2) is 73.1 Å². The van der Waals surface area contributed by atoms with Gasteiger partial charge < -0.3 is 19.9 Å². The summed E-state index contributed by atoms with van der Waals surface area (Å²) in [6.45, 7) is 8.91. The first-order valence-corrected chi connectivity index (χ1v) is 13.5. The quantitative estimate of drug-likeness (QED) is 0.365. The Morgan fingerprint density at radius 2 is 1.77 bits per heavy atom. The van der Waals surface area contributed by atoms with E-state index in [1.165, 1.54) is 0 Å². The van der Waals surface area contributed by atoms with Gasteiger partial charge in [0.05, 0.1) is 18.7 Å². The number of ether oxygens (including phenoxy) is 1. The average Bonchev–Trinajstić information content (AvgIpc) is 3.36. The van der Waals surface area contributed by atoms with Gasteiger partial charge in [-0.05, 0) is 62.2 Å². The summed E-state index contributed by atoms with van der Waals surface area (Å²) in [5.74, 6) is -0.516. The summed E-state index contributed by atoms with van der Waals surface area (Å²) in [6.07, 6.45) is 3.40. The highest BCUT2D eigenvalue weighted by Crippen LogP contribution is 2.28. The number of fused-ring (bicyclic) bond motifs is 1. The summed E-state index contributed by atoms with van der Waals surface area (Å²) in [5, 5.41) is 11.5. The molecule has 5 rings (SSSR count). The van der Waals surface area contributed by atoms with Gasteiger partial charge in [0.2, 0.25) is 11.8 Å². The summed E-state index contributed by atoms with van der Waals surface area (Å²) in [6, 6.07) is 18.2. The maximum atomic E-state index is 14.1. The van der Waals surface area contributed by atoms with Crippen molar-refractivity contribution in [2.24, 2.45) is 0 Å². The molecule has 4 aromatic rings. The SMILES string of the molecule is CC(C)(C)NC(=O)[C@@H](c1ccc(N2CCOCC2)cc1)N(Cc1cccnc1)C(=O)Cn1nnc2ccccc21. The van der Waals surface area contributed by atoms with Gasteiger partial charge in [0.25, 0.3) is 0 Å². The van der Waals surface area contributed by atoms with Crippen molar-refractivity contribution in [2.75, 3.05) is 31.2 Å². The molecule has 1 fully saturated rings. The van der Waals surface area contributed by atoms with Crippen LogP contribution in [-0.4, -0.2) is 68.5 Å². The molecule has 1 atom stereocenters. The number of hydrogen-bond donors (Lipinski definition) is 1. The van der Waals surface area contributed by atoms with Crippen LogP contribution in [0.2, 0.25) is 0 Å². The number of benzene rings is 2. The second-order valence-electron chi connectivity index (χ2n) is 11.0. The predicted octanol–water partition coefficient (Wildman–Crippen LogP) is 3.35. The number of aromatic nitrogens is 4. The van der Waals surface area contributed by atoms with Gasteiger partial charge >= 0.3 is 0 Å². The molecule has 1 aliphatic rings. The van der Waals surface area contributed by atoms with E-state index in [1.54, 1.807) is 22.0 Å². The van der Waals surface area contributed by atoms with E-state index in [9.17, 15) is 9.59 Å². The zero-order valence-electron chi connectivity index (χ0n) is 23.2. The fraction of sp³-hybridized carbons (Fsp3) is 0.367. The molecule has 208 valence electrons. The molecule has 10 nitrogen and oxygen atoms in total. The molecule has 40 heavy (non-hydrogen) atoms. The number of carbonyl (C=O) groups is 2. The molecule has 2 amide bonds. The van der Waals surface area contributed by atoms with Crippen molar-refractivity contribution in [1.29, 1.82) is 0 Å². The van der Waals surface area contributed by atoms with Crippen LogP contribution >= 0.6 is 0 Å². The van der Waals surface area contributed by atoms with E-state index >= 15 is 0 Å². The summed E-state index contributed by atoms with van der Waals surface area (Å²) < 4.78 is 7.07. The van der Waals surface area contributed by atoms with Crippen molar-refractivity contribution in [3.8, 4) is 0 Å². The molecule has 0 unspecified atom stereocenters. The van der Waals surface area contributed by atoms with Gasteiger partial charge in [0.15, 0.2) is 0 Å². The summed E-state index contributed by atoms with van der Waals surface area (Å²) in [7, 11) is 0. The fourth-order valence-corrected chi connectivity index (χ4v) is 4.86. The van der Waals surface area contributed by atoms with Gasteiger partial charge in [-0.3, -0.25) is 14.6 Å². The lowest BCUT2D eigenvalue weighted by Crippen LogP contribution is -2.49. The Labute approximate surface area is 233 Å². The number of hydrogen-bond acceptors (Lipinski definition) is 7. The molecule has 0 saturated carbocycles. The highest BCUT2D eigenvalue weighted by atomic mass is 16.5. The van der Waals surface area contributed by atoms with Crippen LogP contribution in [0.1, 0.15) is 37.9 Å². The molecule has 0 spiro atoms. The van der Waals surface area contributed by atoms with Gasteiger partial charge in [-0.15, -0.1) is 5.10 Å². The maximum Gasteiger partial charge on any atom is 0.247 e. The largest absolute Gasteiger partial charge is 0.378 e. The second-order valence-corrected chi connectivity index (χ2v) is 11.0. The van der Waals surface area contributed by atoms with Crippen molar-refractivity contribution in [2.45, 2.75) is 45.4 Å². The number of pyridine rings is 1. The molecule has 0 radical (unpaired) electrons. The molecule has 10 heteroatoms. The highest BCUT2D eigenvalue weighted by Gasteiger charge is 2.34. The van der Waals surface area contributed by atoms with Crippen LogP contribution in [0.3, 0.4) is 0 Å². The van der Waals surface area contributed by atoms with Crippen LogP contribution in [0.25, 0.3) is 11.0 Å². The summed E-state index contributed by atoms with van der Waals surface area (Å²) in [5.41, 5.74) is 3.56. The third kappa shape index (κ3) is 6.45. The Morgan fingerprint density at radius 3 is 2.48 bits per heavy atom. The van der Waals surface area contributed by atoms with Gasteiger partial charge in [-0.1, -0.05) is 35.5 Å². The Bertz CT molecular complexity index is 1440. The zero-order chi connectivity index (χ0) is 28.1. The monoisotopic (exact) mass is 541 g/mol. The van der Waals surface area contributed by atoms with E-state index in [0.29, 0.717) is 18.7 Å². The third-order valence-electron chi connectivity index (χ3n) is 6.74. The van der Waals surface area contributed by atoms with Gasteiger partial charge in [-0.25, -0.2) is 4.68 Å². The van der Waals surface area contributed by atoms with E-state index in [2.05, 4.69) is 25.5 Å². The van der Waals surface area contributed by atoms with E-state index < -0.39 is 11.6 Å². The van der Waals surface area contributed by atoms with E-state index in [1.807, 2.05) is 81.4 Å². The van der Waals surface area contributed by atoms with Crippen LogP contribution in [-0.2, 0) is 27.4 Å². The van der Waals surface area contributed by atoms with Crippen molar-refractivity contribution in [3.63, 3.8) is 0 Å². The third-order valence-corrected chi connectivity index (χ3v) is 6.74. The van der Waals surface area contributed by atoms with Crippen molar-refractivity contribution in [1.82, 2.24) is 30.2 Å². The number of rotatable bonds is 8. The molecule has 2 aromatic carbocycles. The molecular weight excluding hydrogens is 506 g/mol. The van der Waals surface area contributed by atoms with Gasteiger partial charge in [0, 0.05) is 43.3 Å². The van der Waals surface area contributed by atoms with Gasteiger partial charge in [0.1, 0.15) is 18.1 Å². The Hall–Kier alpha value is -4.31. The number of nitrogens with one attached hydrogen (secondary N) is 1. The van der Waals surface area contributed by atoms with Crippen molar-refractivity contribution in [3.05, 3.63) is 84.2 Å². The van der Waals surface area contributed by atoms with Crippen molar-refractivity contribution < 1.29 is 14.3 Å². The Kier molecular flexibility index (Phi) is 8.06. The molecule has 1 N–H and O–H groups in total. The number of nitrogens with zero attached hydrogens (tertiary/aromatic N) is 6. The van der Waals surface area contributed by atoms with E-state index in [0.717, 1.165) is 35.4 Å². The minimum Gasteiger partial charge on any atom is -0.378 e. The number of carbonyl (C=O) groups excluding carboxylic acids is 2. The smallest absolute Gasteiger partial charge is 0.247 e. The first-order chi connectivity index (χ1) is 19.3. The number of anilines is 1. The lowest BCUT2D eigenvalue weighted by Gasteiger charge is -2.34. The lowest BCUT2D eigenvalue weighted by molar-refractivity contribution is -0.142. The number of morpholine rings is 1. The first kappa shape index (κ1) is 27.3. The second kappa shape index (κ2) is 11.8. The van der Waals surface area contributed by atoms with Crippen LogP contribution in [0.4, 0.5) is 5.69 Å². The molecule has 1 aliphatic heterocycles. The molecule has 0 aliphatic carbocycles. The van der Waals surface area contributed by atoms with Crippen molar-refractivity contribution >= 4 is 28.5 Å². The van der Waals surface area contributed by atoms with Crippen LogP contribution in [0, 0.1) is 0 Å². The summed E-state index contributed by atoms with van der Waals surface area (Å²) >= 11 is 0. The molecule has 2 aromatic heterocycles. The predicted molar refractivity (Wildman–Crippen MR) is 152 cm³/mol. The van der Waals surface area contributed by atoms with Crippen LogP contribution in [0.5, 0.6) is 0 Å². The zero-order valence-corrected chi connectivity index (χ0v) is 23.2. The Morgan fingerprint density at radius 1 is 1.02 bits per heavy atom. The topological polar surface area (TPSA) is 105 Å². The molecule has 1 saturated heterocycles. The first-order valence-electron chi connectivity index (χ1n) is 13.5. The van der Waals surface area contributed by atoms with E-state index in [-0.39, 0.29) is 24.9 Å². The normalized spacial score (nSPS) is 14.6. The van der Waals surface area contributed by atoms with E-state index in [4.69, 9.17) is 4.74 Å². The average molecular weight is 542 g/mol. The number of para-hydroxylation sites is 1. The molecule has 3 heterocycles. The van der Waals surface area contributed by atoms with Gasteiger partial charge in [-0.2, -0.15) is 0 Å². The highest BCUT2D eigenvalue weighted by molar-refractivity contribution is 5.89. The number of amides is 2.